The van der Waals surface area contributed by atoms with Crippen molar-refractivity contribution in [3.63, 3.8) is 0 Å². The van der Waals surface area contributed by atoms with Crippen LogP contribution in [-0.4, -0.2) is 48.0 Å². The first kappa shape index (κ1) is 25.5. The molecule has 5 rings (SSSR count). The maximum atomic E-state index is 14.9. The number of nitrogens with zero attached hydrogens (tertiary/aromatic N) is 3. The van der Waals surface area contributed by atoms with Gasteiger partial charge in [0.15, 0.2) is 6.23 Å². The van der Waals surface area contributed by atoms with E-state index < -0.39 is 24.1 Å². The highest BCUT2D eigenvalue weighted by Crippen LogP contribution is 2.38. The number of pyridine rings is 2. The molecule has 2 aromatic heterocycles. The standard InChI is InChI=1S/C28H33F2N5O2/c1-16-10-17(12-18(31)11-16)20-7-8-32-15-25(20)34-27(36)21-5-6-23(29)22-13-19(14-33-26(21)22)35-9-3-4-24(30)28(35)37-2/h5-8,13-18,24,28H,3-4,9-12,31H2,1-2H3,(H,34,36)/t16-,17+,18-,24+,28+/m0/s1. The Kier molecular flexibility index (Phi) is 7.35. The fraction of sp³-hybridized carbons (Fsp3) is 0.464. The largest absolute Gasteiger partial charge is 0.358 e. The van der Waals surface area contributed by atoms with E-state index in [0.29, 0.717) is 36.7 Å². The Labute approximate surface area is 215 Å². The summed E-state index contributed by atoms with van der Waals surface area (Å²) in [6.07, 6.45) is 6.90. The lowest BCUT2D eigenvalue weighted by atomic mass is 9.76. The summed E-state index contributed by atoms with van der Waals surface area (Å²) in [7, 11) is 1.46. The summed E-state index contributed by atoms with van der Waals surface area (Å²) in [5.74, 6) is -0.185. The molecule has 196 valence electrons. The maximum absolute atomic E-state index is 14.9. The lowest BCUT2D eigenvalue weighted by molar-refractivity contribution is 0.0130. The minimum Gasteiger partial charge on any atom is -0.358 e. The van der Waals surface area contributed by atoms with Gasteiger partial charge in [0.2, 0.25) is 0 Å². The summed E-state index contributed by atoms with van der Waals surface area (Å²) in [5, 5.41) is 3.17. The average Bonchev–Trinajstić information content (AvgIpc) is 2.88. The number of nitrogens with two attached hydrogens (primary N) is 1. The zero-order valence-corrected chi connectivity index (χ0v) is 21.2. The first-order valence-corrected chi connectivity index (χ1v) is 12.9. The quantitative estimate of drug-likeness (QED) is 0.493. The van der Waals surface area contributed by atoms with E-state index in [-0.39, 0.29) is 28.4 Å². The summed E-state index contributed by atoms with van der Waals surface area (Å²) in [6.45, 7) is 2.77. The zero-order chi connectivity index (χ0) is 26.1. The van der Waals surface area contributed by atoms with E-state index in [1.54, 1.807) is 29.6 Å². The van der Waals surface area contributed by atoms with Gasteiger partial charge in [-0.15, -0.1) is 0 Å². The van der Waals surface area contributed by atoms with Gasteiger partial charge in [-0.3, -0.25) is 14.8 Å². The average molecular weight is 510 g/mol. The molecule has 1 saturated heterocycles. The molecule has 1 saturated carbocycles. The number of aromatic nitrogens is 2. The van der Waals surface area contributed by atoms with Gasteiger partial charge in [-0.25, -0.2) is 8.78 Å². The fourth-order valence-electron chi connectivity index (χ4n) is 5.95. The molecule has 2 aliphatic rings. The molecule has 3 aromatic rings. The molecule has 1 amide bonds. The van der Waals surface area contributed by atoms with Crippen molar-refractivity contribution >= 4 is 28.2 Å². The number of ether oxygens (including phenoxy) is 1. The first-order chi connectivity index (χ1) is 17.9. The summed E-state index contributed by atoms with van der Waals surface area (Å²) in [5.41, 5.74) is 8.95. The van der Waals surface area contributed by atoms with Crippen LogP contribution in [0, 0.1) is 11.7 Å². The number of fused-ring (bicyclic) bond motifs is 1. The van der Waals surface area contributed by atoms with Gasteiger partial charge in [0, 0.05) is 31.3 Å². The van der Waals surface area contributed by atoms with Crippen LogP contribution in [0.1, 0.15) is 60.9 Å². The van der Waals surface area contributed by atoms with E-state index in [0.717, 1.165) is 24.8 Å². The van der Waals surface area contributed by atoms with Crippen LogP contribution in [0.4, 0.5) is 20.2 Å². The van der Waals surface area contributed by atoms with Gasteiger partial charge in [-0.05, 0) is 73.8 Å². The number of carbonyl (C=O) groups is 1. The highest BCUT2D eigenvalue weighted by molar-refractivity contribution is 6.12. The van der Waals surface area contributed by atoms with Crippen molar-refractivity contribution in [2.75, 3.05) is 23.9 Å². The van der Waals surface area contributed by atoms with Gasteiger partial charge in [0.05, 0.1) is 34.8 Å². The van der Waals surface area contributed by atoms with Gasteiger partial charge in [0.25, 0.3) is 5.91 Å². The molecular weight excluding hydrogens is 476 g/mol. The molecular formula is C28H33F2N5O2. The van der Waals surface area contributed by atoms with Gasteiger partial charge in [-0.1, -0.05) is 6.92 Å². The van der Waals surface area contributed by atoms with Crippen LogP contribution >= 0.6 is 0 Å². The second kappa shape index (κ2) is 10.7. The first-order valence-electron chi connectivity index (χ1n) is 12.9. The molecule has 3 N–H and O–H groups in total. The fourth-order valence-corrected chi connectivity index (χ4v) is 5.95. The van der Waals surface area contributed by atoms with Gasteiger partial charge in [-0.2, -0.15) is 0 Å². The molecule has 9 heteroatoms. The van der Waals surface area contributed by atoms with E-state index in [1.807, 2.05) is 6.07 Å². The van der Waals surface area contributed by atoms with Crippen molar-refractivity contribution in [1.29, 1.82) is 0 Å². The monoisotopic (exact) mass is 509 g/mol. The number of halogens is 2. The molecule has 3 heterocycles. The third-order valence-electron chi connectivity index (χ3n) is 7.62. The second-order valence-electron chi connectivity index (χ2n) is 10.3. The topological polar surface area (TPSA) is 93.4 Å². The third kappa shape index (κ3) is 5.15. The van der Waals surface area contributed by atoms with Crippen molar-refractivity contribution in [3.05, 3.63) is 59.8 Å². The highest BCUT2D eigenvalue weighted by Gasteiger charge is 2.32. The number of alkyl halides is 1. The Bertz CT molecular complexity index is 1280. The molecule has 1 aliphatic heterocycles. The summed E-state index contributed by atoms with van der Waals surface area (Å²) >= 11 is 0. The molecule has 2 fully saturated rings. The Morgan fingerprint density at radius 1 is 1.22 bits per heavy atom. The van der Waals surface area contributed by atoms with Crippen molar-refractivity contribution in [1.82, 2.24) is 9.97 Å². The Morgan fingerprint density at radius 2 is 2.05 bits per heavy atom. The van der Waals surface area contributed by atoms with E-state index in [2.05, 4.69) is 22.2 Å². The molecule has 0 unspecified atom stereocenters. The number of hydrogen-bond donors (Lipinski definition) is 2. The molecule has 0 bridgehead atoms. The highest BCUT2D eigenvalue weighted by atomic mass is 19.1. The lowest BCUT2D eigenvalue weighted by Gasteiger charge is -2.38. The number of anilines is 2. The van der Waals surface area contributed by atoms with Crippen molar-refractivity contribution in [2.45, 2.75) is 63.4 Å². The molecule has 37 heavy (non-hydrogen) atoms. The molecule has 7 nitrogen and oxygen atoms in total. The van der Waals surface area contributed by atoms with Crippen LogP contribution in [0.3, 0.4) is 0 Å². The number of rotatable bonds is 5. The van der Waals surface area contributed by atoms with E-state index >= 15 is 0 Å². The van der Waals surface area contributed by atoms with Gasteiger partial charge < -0.3 is 20.7 Å². The van der Waals surface area contributed by atoms with Crippen LogP contribution in [0.5, 0.6) is 0 Å². The number of carbonyl (C=O) groups excluding carboxylic acids is 1. The Hall–Kier alpha value is -3.17. The number of piperidine rings is 1. The number of benzene rings is 1. The van der Waals surface area contributed by atoms with Crippen LogP contribution in [0.25, 0.3) is 10.9 Å². The number of nitrogens with one attached hydrogen (secondary N) is 1. The van der Waals surface area contributed by atoms with Crippen molar-refractivity contribution < 1.29 is 18.3 Å². The van der Waals surface area contributed by atoms with Crippen molar-refractivity contribution in [2.24, 2.45) is 11.7 Å². The van der Waals surface area contributed by atoms with Crippen LogP contribution < -0.4 is 16.0 Å². The van der Waals surface area contributed by atoms with E-state index in [9.17, 15) is 13.6 Å². The van der Waals surface area contributed by atoms with Crippen LogP contribution in [0.15, 0.2) is 42.9 Å². The molecule has 1 aromatic carbocycles. The summed E-state index contributed by atoms with van der Waals surface area (Å²) in [6, 6.07) is 6.36. The minimum atomic E-state index is -1.15. The normalized spacial score (nSPS) is 26.3. The smallest absolute Gasteiger partial charge is 0.257 e. The lowest BCUT2D eigenvalue weighted by Crippen LogP contribution is -2.47. The van der Waals surface area contributed by atoms with Crippen molar-refractivity contribution in [3.8, 4) is 0 Å². The molecule has 1 aliphatic carbocycles. The predicted molar refractivity (Wildman–Crippen MR) is 140 cm³/mol. The van der Waals surface area contributed by atoms with Gasteiger partial charge in [0.1, 0.15) is 12.0 Å². The number of amides is 1. The van der Waals surface area contributed by atoms with E-state index in [4.69, 9.17) is 10.5 Å². The second-order valence-corrected chi connectivity index (χ2v) is 10.3. The zero-order valence-electron chi connectivity index (χ0n) is 21.2. The Morgan fingerprint density at radius 3 is 2.84 bits per heavy atom. The Balaban J connectivity index is 1.45. The van der Waals surface area contributed by atoms with Gasteiger partial charge >= 0.3 is 0 Å². The van der Waals surface area contributed by atoms with Crippen LogP contribution in [-0.2, 0) is 4.74 Å². The number of hydrogen-bond acceptors (Lipinski definition) is 6. The van der Waals surface area contributed by atoms with Crippen LogP contribution in [0.2, 0.25) is 0 Å². The predicted octanol–water partition coefficient (Wildman–Crippen LogP) is 5.16. The summed E-state index contributed by atoms with van der Waals surface area (Å²) < 4.78 is 34.7. The number of methoxy groups -OCH3 is 1. The minimum absolute atomic E-state index is 0.121. The maximum Gasteiger partial charge on any atom is 0.257 e. The molecule has 5 atom stereocenters. The van der Waals surface area contributed by atoms with E-state index in [1.165, 1.54) is 19.2 Å². The SMILES string of the molecule is CO[C@@H]1[C@H](F)CCCN1c1cnc2c(C(=O)Nc3cnccc3[C@@H]3C[C@H](C)C[C@H](N)C3)ccc(F)c2c1. The third-order valence-corrected chi connectivity index (χ3v) is 7.62. The molecule has 0 spiro atoms. The molecule has 0 radical (unpaired) electrons. The summed E-state index contributed by atoms with van der Waals surface area (Å²) in [4.78, 5) is 23.8.